The van der Waals surface area contributed by atoms with Gasteiger partial charge in [-0.15, -0.1) is 0 Å². The minimum absolute atomic E-state index is 0.120. The summed E-state index contributed by atoms with van der Waals surface area (Å²) in [5.41, 5.74) is 4.00. The van der Waals surface area contributed by atoms with Crippen molar-refractivity contribution in [3.8, 4) is 11.5 Å². The van der Waals surface area contributed by atoms with Crippen LogP contribution in [-0.2, 0) is 6.61 Å². The third-order valence-corrected chi connectivity index (χ3v) is 3.48. The highest BCUT2D eigenvalue weighted by atomic mass is 32.1. The van der Waals surface area contributed by atoms with E-state index in [9.17, 15) is 4.39 Å². The van der Waals surface area contributed by atoms with Crippen LogP contribution in [0.3, 0.4) is 0 Å². The summed E-state index contributed by atoms with van der Waals surface area (Å²) in [7, 11) is 1.55. The van der Waals surface area contributed by atoms with Gasteiger partial charge in [-0.1, -0.05) is 18.2 Å². The van der Waals surface area contributed by atoms with Crippen LogP contribution >= 0.6 is 12.2 Å². The fraction of sp³-hybridized carbons (Fsp3) is 0.222. The lowest BCUT2D eigenvalue weighted by atomic mass is 10.2. The number of methoxy groups -OCH3 is 1. The van der Waals surface area contributed by atoms with Gasteiger partial charge in [-0.25, -0.2) is 4.39 Å². The Morgan fingerprint density at radius 1 is 1.24 bits per heavy atom. The SMILES string of the molecule is CCNC(=S)NN=Cc1ccc(OCc2ccccc2F)c(OC)c1. The fourth-order valence-electron chi connectivity index (χ4n) is 2.02. The van der Waals surface area contributed by atoms with E-state index in [2.05, 4.69) is 15.8 Å². The fourth-order valence-corrected chi connectivity index (χ4v) is 2.22. The van der Waals surface area contributed by atoms with Crippen LogP contribution in [0.2, 0.25) is 0 Å². The highest BCUT2D eigenvalue weighted by molar-refractivity contribution is 7.80. The molecule has 2 aromatic carbocycles. The van der Waals surface area contributed by atoms with E-state index < -0.39 is 0 Å². The zero-order valence-electron chi connectivity index (χ0n) is 14.1. The number of hydrogen-bond acceptors (Lipinski definition) is 4. The van der Waals surface area contributed by atoms with Gasteiger partial charge in [0.05, 0.1) is 13.3 Å². The van der Waals surface area contributed by atoms with E-state index >= 15 is 0 Å². The number of halogens is 1. The molecule has 0 spiro atoms. The average molecular weight is 361 g/mol. The zero-order chi connectivity index (χ0) is 18.1. The van der Waals surface area contributed by atoms with Gasteiger partial charge in [-0.2, -0.15) is 5.10 Å². The summed E-state index contributed by atoms with van der Waals surface area (Å²) >= 11 is 5.02. The molecule has 0 atom stereocenters. The molecule has 0 amide bonds. The van der Waals surface area contributed by atoms with E-state index in [1.165, 1.54) is 6.07 Å². The Kier molecular flexibility index (Phi) is 7.16. The van der Waals surface area contributed by atoms with Crippen molar-refractivity contribution in [1.29, 1.82) is 0 Å². The van der Waals surface area contributed by atoms with Crippen LogP contribution in [0.25, 0.3) is 0 Å². The molecule has 0 bridgehead atoms. The molecule has 2 aromatic rings. The lowest BCUT2D eigenvalue weighted by molar-refractivity contribution is 0.279. The number of hydrazone groups is 1. The van der Waals surface area contributed by atoms with Crippen molar-refractivity contribution < 1.29 is 13.9 Å². The van der Waals surface area contributed by atoms with E-state index in [1.807, 2.05) is 13.0 Å². The van der Waals surface area contributed by atoms with E-state index in [0.717, 1.165) is 12.1 Å². The van der Waals surface area contributed by atoms with Gasteiger partial charge in [0, 0.05) is 12.1 Å². The topological polar surface area (TPSA) is 54.9 Å². The van der Waals surface area contributed by atoms with E-state index in [-0.39, 0.29) is 12.4 Å². The van der Waals surface area contributed by atoms with Crippen LogP contribution in [0.4, 0.5) is 4.39 Å². The number of rotatable bonds is 7. The van der Waals surface area contributed by atoms with E-state index in [4.69, 9.17) is 21.7 Å². The summed E-state index contributed by atoms with van der Waals surface area (Å²) in [5, 5.41) is 7.43. The zero-order valence-corrected chi connectivity index (χ0v) is 14.9. The van der Waals surface area contributed by atoms with Crippen molar-refractivity contribution in [2.75, 3.05) is 13.7 Å². The molecular formula is C18H20FN3O2S. The van der Waals surface area contributed by atoms with Gasteiger partial charge < -0.3 is 14.8 Å². The minimum Gasteiger partial charge on any atom is -0.493 e. The third kappa shape index (κ3) is 5.72. The van der Waals surface area contributed by atoms with Crippen molar-refractivity contribution >= 4 is 23.5 Å². The number of hydrogen-bond donors (Lipinski definition) is 2. The van der Waals surface area contributed by atoms with E-state index in [1.54, 1.807) is 43.7 Å². The first-order chi connectivity index (χ1) is 12.1. The Morgan fingerprint density at radius 2 is 2.04 bits per heavy atom. The Bertz CT molecular complexity index is 753. The Labute approximate surface area is 151 Å². The molecule has 0 aliphatic carbocycles. The van der Waals surface area contributed by atoms with Gasteiger partial charge in [0.1, 0.15) is 12.4 Å². The molecule has 0 unspecified atom stereocenters. The van der Waals surface area contributed by atoms with Crippen LogP contribution in [0.15, 0.2) is 47.6 Å². The first kappa shape index (κ1) is 18.7. The standard InChI is InChI=1S/C18H20FN3O2S/c1-3-20-18(25)22-21-11-13-8-9-16(17(10-13)23-2)24-12-14-6-4-5-7-15(14)19/h4-11H,3,12H2,1-2H3,(H2,20,22,25). The summed E-state index contributed by atoms with van der Waals surface area (Å²) in [5.74, 6) is 0.765. The van der Waals surface area contributed by atoms with Crippen molar-refractivity contribution in [3.63, 3.8) is 0 Å². The molecule has 25 heavy (non-hydrogen) atoms. The summed E-state index contributed by atoms with van der Waals surface area (Å²) in [6.07, 6.45) is 1.62. The summed E-state index contributed by atoms with van der Waals surface area (Å²) in [6.45, 7) is 2.79. The number of benzene rings is 2. The number of ether oxygens (including phenoxy) is 2. The molecule has 2 N–H and O–H groups in total. The monoisotopic (exact) mass is 361 g/mol. The quantitative estimate of drug-likeness (QED) is 0.450. The summed E-state index contributed by atoms with van der Waals surface area (Å²) < 4.78 is 24.6. The van der Waals surface area contributed by atoms with Gasteiger partial charge in [-0.3, -0.25) is 5.43 Å². The van der Waals surface area contributed by atoms with Crippen LogP contribution in [0.5, 0.6) is 11.5 Å². The van der Waals surface area contributed by atoms with Crippen LogP contribution in [0.1, 0.15) is 18.1 Å². The Morgan fingerprint density at radius 3 is 2.76 bits per heavy atom. The highest BCUT2D eigenvalue weighted by Crippen LogP contribution is 2.28. The second-order valence-corrected chi connectivity index (χ2v) is 5.43. The molecule has 0 aromatic heterocycles. The van der Waals surface area contributed by atoms with E-state index in [0.29, 0.717) is 22.2 Å². The van der Waals surface area contributed by atoms with Crippen LogP contribution in [0, 0.1) is 5.82 Å². The first-order valence-electron chi connectivity index (χ1n) is 7.75. The van der Waals surface area contributed by atoms with Crippen molar-refractivity contribution in [3.05, 3.63) is 59.4 Å². The lowest BCUT2D eigenvalue weighted by Crippen LogP contribution is -2.31. The molecule has 7 heteroatoms. The molecule has 0 fully saturated rings. The van der Waals surface area contributed by atoms with Crippen molar-refractivity contribution in [2.45, 2.75) is 13.5 Å². The maximum Gasteiger partial charge on any atom is 0.186 e. The average Bonchev–Trinajstić information content (AvgIpc) is 2.62. The largest absolute Gasteiger partial charge is 0.493 e. The number of nitrogens with zero attached hydrogens (tertiary/aromatic N) is 1. The number of thiocarbonyl (C=S) groups is 1. The van der Waals surface area contributed by atoms with Crippen molar-refractivity contribution in [2.24, 2.45) is 5.10 Å². The predicted molar refractivity (Wildman–Crippen MR) is 101 cm³/mol. The second kappa shape index (κ2) is 9.58. The molecule has 0 radical (unpaired) electrons. The third-order valence-electron chi connectivity index (χ3n) is 3.25. The highest BCUT2D eigenvalue weighted by Gasteiger charge is 2.07. The van der Waals surface area contributed by atoms with Crippen LogP contribution < -0.4 is 20.2 Å². The molecule has 0 aliphatic heterocycles. The Hall–Kier alpha value is -2.67. The maximum atomic E-state index is 13.6. The predicted octanol–water partition coefficient (Wildman–Crippen LogP) is 3.23. The molecular weight excluding hydrogens is 341 g/mol. The lowest BCUT2D eigenvalue weighted by Gasteiger charge is -2.11. The second-order valence-electron chi connectivity index (χ2n) is 5.02. The smallest absolute Gasteiger partial charge is 0.186 e. The molecule has 132 valence electrons. The Balaban J connectivity index is 2.02. The molecule has 2 rings (SSSR count). The molecule has 0 aliphatic rings. The minimum atomic E-state index is -0.298. The molecule has 0 saturated heterocycles. The maximum absolute atomic E-state index is 13.6. The normalized spacial score (nSPS) is 10.5. The van der Waals surface area contributed by atoms with Gasteiger partial charge in [-0.05, 0) is 49.0 Å². The summed E-state index contributed by atoms with van der Waals surface area (Å²) in [4.78, 5) is 0. The molecule has 5 nitrogen and oxygen atoms in total. The van der Waals surface area contributed by atoms with Gasteiger partial charge in [0.15, 0.2) is 16.6 Å². The first-order valence-corrected chi connectivity index (χ1v) is 8.16. The summed E-state index contributed by atoms with van der Waals surface area (Å²) in [6, 6.07) is 11.8. The van der Waals surface area contributed by atoms with Crippen LogP contribution in [-0.4, -0.2) is 25.0 Å². The molecule has 0 saturated carbocycles. The molecule has 0 heterocycles. The van der Waals surface area contributed by atoms with Gasteiger partial charge >= 0.3 is 0 Å². The van der Waals surface area contributed by atoms with Gasteiger partial charge in [0.2, 0.25) is 0 Å². The van der Waals surface area contributed by atoms with Gasteiger partial charge in [0.25, 0.3) is 0 Å². The van der Waals surface area contributed by atoms with Crippen molar-refractivity contribution in [1.82, 2.24) is 10.7 Å². The number of nitrogens with one attached hydrogen (secondary N) is 2.